The zero-order valence-electron chi connectivity index (χ0n) is 12.4. The molecular formula is C15H19Cl2NO3. The highest BCUT2D eigenvalue weighted by Crippen LogP contribution is 2.26. The van der Waals surface area contributed by atoms with Crippen LogP contribution in [0.5, 0.6) is 5.75 Å². The average molecular weight is 332 g/mol. The monoisotopic (exact) mass is 331 g/mol. The summed E-state index contributed by atoms with van der Waals surface area (Å²) >= 11 is 11.8. The van der Waals surface area contributed by atoms with Gasteiger partial charge in [0, 0.05) is 29.1 Å². The predicted octanol–water partition coefficient (Wildman–Crippen LogP) is 4.24. The number of halogens is 2. The molecule has 4 nitrogen and oxygen atoms in total. The van der Waals surface area contributed by atoms with Gasteiger partial charge in [-0.1, -0.05) is 23.2 Å². The summed E-state index contributed by atoms with van der Waals surface area (Å²) in [5, 5.41) is 1.09. The third-order valence-corrected chi connectivity index (χ3v) is 3.37. The summed E-state index contributed by atoms with van der Waals surface area (Å²) in [6, 6.07) is 5.10. The van der Waals surface area contributed by atoms with E-state index in [-0.39, 0.29) is 6.09 Å². The summed E-state index contributed by atoms with van der Waals surface area (Å²) in [7, 11) is 0. The summed E-state index contributed by atoms with van der Waals surface area (Å²) in [4.78, 5) is 13.4. The number of hydrogen-bond donors (Lipinski definition) is 0. The lowest BCUT2D eigenvalue weighted by molar-refractivity contribution is -0.00780. The second-order valence-electron chi connectivity index (χ2n) is 6.17. The third-order valence-electron chi connectivity index (χ3n) is 2.93. The first-order chi connectivity index (χ1) is 9.73. The number of carbonyl (C=O) groups is 1. The van der Waals surface area contributed by atoms with Gasteiger partial charge in [-0.25, -0.2) is 4.79 Å². The molecule has 1 aromatic carbocycles. The zero-order valence-corrected chi connectivity index (χ0v) is 13.9. The molecule has 1 saturated heterocycles. The molecule has 6 heteroatoms. The van der Waals surface area contributed by atoms with Gasteiger partial charge in [0.15, 0.2) is 0 Å². The Labute approximate surface area is 134 Å². The van der Waals surface area contributed by atoms with Crippen LogP contribution in [0.1, 0.15) is 20.8 Å². The van der Waals surface area contributed by atoms with E-state index >= 15 is 0 Å². The summed E-state index contributed by atoms with van der Waals surface area (Å²) in [5.74, 6) is 0.943. The van der Waals surface area contributed by atoms with Crippen molar-refractivity contribution in [2.24, 2.45) is 5.92 Å². The molecule has 0 unspecified atom stereocenters. The Morgan fingerprint density at radius 2 is 1.81 bits per heavy atom. The Balaban J connectivity index is 1.74. The van der Waals surface area contributed by atoms with Gasteiger partial charge in [-0.05, 0) is 39.0 Å². The number of hydrogen-bond acceptors (Lipinski definition) is 3. The van der Waals surface area contributed by atoms with Gasteiger partial charge in [-0.2, -0.15) is 0 Å². The molecule has 0 atom stereocenters. The fraction of sp³-hybridized carbons (Fsp3) is 0.533. The highest BCUT2D eigenvalue weighted by atomic mass is 35.5. The van der Waals surface area contributed by atoms with Crippen molar-refractivity contribution in [3.05, 3.63) is 28.2 Å². The van der Waals surface area contributed by atoms with E-state index in [2.05, 4.69) is 0 Å². The molecule has 2 rings (SSSR count). The second-order valence-corrected chi connectivity index (χ2v) is 7.04. The number of benzene rings is 1. The van der Waals surface area contributed by atoms with Crippen LogP contribution in [-0.4, -0.2) is 36.3 Å². The van der Waals surface area contributed by atoms with E-state index in [1.165, 1.54) is 0 Å². The van der Waals surface area contributed by atoms with Gasteiger partial charge in [0.05, 0.1) is 6.61 Å². The van der Waals surface area contributed by atoms with Gasteiger partial charge in [-0.3, -0.25) is 0 Å². The van der Waals surface area contributed by atoms with E-state index in [4.69, 9.17) is 32.7 Å². The third kappa shape index (κ3) is 4.97. The molecule has 0 N–H and O–H groups in total. The Bertz CT molecular complexity index is 502. The fourth-order valence-corrected chi connectivity index (χ4v) is 2.48. The summed E-state index contributed by atoms with van der Waals surface area (Å²) in [6.45, 7) is 7.37. The summed E-state index contributed by atoms with van der Waals surface area (Å²) in [5.41, 5.74) is -0.462. The molecule has 1 aliphatic rings. The first-order valence-corrected chi connectivity index (χ1v) is 7.55. The smallest absolute Gasteiger partial charge is 0.410 e. The van der Waals surface area contributed by atoms with Crippen molar-refractivity contribution >= 4 is 29.3 Å². The zero-order chi connectivity index (χ0) is 15.6. The Hall–Kier alpha value is -1.13. The van der Waals surface area contributed by atoms with Crippen molar-refractivity contribution in [2.75, 3.05) is 19.7 Å². The van der Waals surface area contributed by atoms with Crippen molar-refractivity contribution < 1.29 is 14.3 Å². The van der Waals surface area contributed by atoms with E-state index in [9.17, 15) is 4.79 Å². The van der Waals surface area contributed by atoms with Crippen LogP contribution >= 0.6 is 23.2 Å². The second kappa shape index (κ2) is 6.32. The molecular weight excluding hydrogens is 313 g/mol. The lowest BCUT2D eigenvalue weighted by atomic mass is 10.0. The molecule has 1 fully saturated rings. The highest BCUT2D eigenvalue weighted by molar-refractivity contribution is 6.34. The van der Waals surface area contributed by atoms with Gasteiger partial charge in [0.25, 0.3) is 0 Å². The van der Waals surface area contributed by atoms with Gasteiger partial charge in [0.2, 0.25) is 0 Å². The number of amides is 1. The van der Waals surface area contributed by atoms with E-state index in [1.54, 1.807) is 23.1 Å². The Kier molecular flexibility index (Phi) is 4.89. The number of ether oxygens (including phenoxy) is 2. The molecule has 1 aromatic rings. The Morgan fingerprint density at radius 3 is 2.33 bits per heavy atom. The molecule has 0 aliphatic carbocycles. The lowest BCUT2D eigenvalue weighted by Gasteiger charge is -2.39. The molecule has 0 aromatic heterocycles. The minimum Gasteiger partial charge on any atom is -0.493 e. The van der Waals surface area contributed by atoms with Crippen LogP contribution in [0.2, 0.25) is 10.0 Å². The van der Waals surface area contributed by atoms with Crippen LogP contribution < -0.4 is 4.74 Å². The molecule has 1 aliphatic heterocycles. The highest BCUT2D eigenvalue weighted by Gasteiger charge is 2.34. The van der Waals surface area contributed by atoms with Crippen LogP contribution in [0.3, 0.4) is 0 Å². The number of carbonyl (C=O) groups excluding carboxylic acids is 1. The van der Waals surface area contributed by atoms with E-state index < -0.39 is 5.60 Å². The van der Waals surface area contributed by atoms with Crippen LogP contribution in [0.25, 0.3) is 0 Å². The predicted molar refractivity (Wildman–Crippen MR) is 83.3 cm³/mol. The normalized spacial score (nSPS) is 15.6. The maximum absolute atomic E-state index is 11.8. The number of rotatable bonds is 3. The molecule has 21 heavy (non-hydrogen) atoms. The average Bonchev–Trinajstić information content (AvgIpc) is 2.22. The summed E-state index contributed by atoms with van der Waals surface area (Å²) < 4.78 is 10.9. The van der Waals surface area contributed by atoms with Crippen molar-refractivity contribution in [2.45, 2.75) is 26.4 Å². The maximum atomic E-state index is 11.8. The molecule has 0 saturated carbocycles. The molecule has 0 bridgehead atoms. The minimum atomic E-state index is -0.462. The van der Waals surface area contributed by atoms with E-state index in [1.807, 2.05) is 20.8 Å². The van der Waals surface area contributed by atoms with Crippen molar-refractivity contribution in [1.82, 2.24) is 4.90 Å². The van der Waals surface area contributed by atoms with Gasteiger partial charge in [0.1, 0.15) is 11.4 Å². The van der Waals surface area contributed by atoms with E-state index in [0.717, 1.165) is 0 Å². The largest absolute Gasteiger partial charge is 0.493 e. The fourth-order valence-electron chi connectivity index (χ4n) is 1.98. The quantitative estimate of drug-likeness (QED) is 0.831. The number of likely N-dealkylation sites (tertiary alicyclic amines) is 1. The molecule has 0 spiro atoms. The number of nitrogens with zero attached hydrogens (tertiary/aromatic N) is 1. The lowest BCUT2D eigenvalue weighted by Crippen LogP contribution is -2.53. The van der Waals surface area contributed by atoms with Gasteiger partial charge >= 0.3 is 6.09 Å². The molecule has 116 valence electrons. The van der Waals surface area contributed by atoms with Crippen LogP contribution in [0.4, 0.5) is 4.79 Å². The topological polar surface area (TPSA) is 38.8 Å². The SMILES string of the molecule is CC(C)(C)OC(=O)N1CC(COc2cc(Cl)cc(Cl)c2)C1. The Morgan fingerprint density at radius 1 is 1.24 bits per heavy atom. The first-order valence-electron chi connectivity index (χ1n) is 6.80. The molecule has 1 heterocycles. The standard InChI is InChI=1S/C15H19Cl2NO3/c1-15(2,3)21-14(19)18-7-10(8-18)9-20-13-5-11(16)4-12(17)6-13/h4-6,10H,7-9H2,1-3H3. The van der Waals surface area contributed by atoms with Crippen LogP contribution in [0.15, 0.2) is 18.2 Å². The van der Waals surface area contributed by atoms with Crippen molar-refractivity contribution in [1.29, 1.82) is 0 Å². The van der Waals surface area contributed by atoms with Crippen molar-refractivity contribution in [3.8, 4) is 5.75 Å². The summed E-state index contributed by atoms with van der Waals surface area (Å²) in [6.07, 6.45) is -0.274. The minimum absolute atomic E-state index is 0.274. The van der Waals surface area contributed by atoms with Gasteiger partial charge < -0.3 is 14.4 Å². The van der Waals surface area contributed by atoms with Gasteiger partial charge in [-0.15, -0.1) is 0 Å². The van der Waals surface area contributed by atoms with Crippen LogP contribution in [-0.2, 0) is 4.74 Å². The van der Waals surface area contributed by atoms with E-state index in [0.29, 0.717) is 41.4 Å². The molecule has 0 radical (unpaired) electrons. The van der Waals surface area contributed by atoms with Crippen LogP contribution in [0, 0.1) is 5.92 Å². The van der Waals surface area contributed by atoms with Crippen molar-refractivity contribution in [3.63, 3.8) is 0 Å². The molecule has 1 amide bonds. The first kappa shape index (κ1) is 16.2. The maximum Gasteiger partial charge on any atom is 0.410 e.